The third-order valence-electron chi connectivity index (χ3n) is 6.32. The van der Waals surface area contributed by atoms with E-state index in [1.165, 1.54) is 12.1 Å². The molecule has 0 fully saturated rings. The second-order valence-electron chi connectivity index (χ2n) is 9.35. The van der Waals surface area contributed by atoms with Crippen molar-refractivity contribution in [1.29, 1.82) is 0 Å². The maximum atomic E-state index is 13.3. The first kappa shape index (κ1) is 30.3. The summed E-state index contributed by atoms with van der Waals surface area (Å²) in [5.41, 5.74) is 2.13. The van der Waals surface area contributed by atoms with Crippen LogP contribution in [0.4, 0.5) is 0 Å². The number of rotatable bonds is 13. The molecule has 7 nitrogen and oxygen atoms in total. The molecule has 1 atom stereocenters. The Hall–Kier alpha value is -3.69. The number of ether oxygens (including phenoxy) is 2. The largest absolute Gasteiger partial charge is 0.462 e. The first-order chi connectivity index (χ1) is 19.8. The van der Waals surface area contributed by atoms with E-state index in [9.17, 15) is 18.3 Å². The van der Waals surface area contributed by atoms with Crippen molar-refractivity contribution in [3.63, 3.8) is 0 Å². The topological polar surface area (TPSA) is 102 Å². The highest BCUT2D eigenvalue weighted by molar-refractivity contribution is 7.91. The predicted molar refractivity (Wildman–Crippen MR) is 158 cm³/mol. The van der Waals surface area contributed by atoms with Gasteiger partial charge in [-0.1, -0.05) is 48.0 Å². The molecule has 2 N–H and O–H groups in total. The molecule has 0 radical (unpaired) electrons. The Morgan fingerprint density at radius 2 is 1.61 bits per heavy atom. The Bertz CT molecular complexity index is 1570. The second-order valence-corrected chi connectivity index (χ2v) is 11.7. The molecule has 4 aromatic carbocycles. The van der Waals surface area contributed by atoms with Crippen LogP contribution in [0.1, 0.15) is 40.9 Å². The standard InChI is InChI=1S/C32H32ClNO6S/c1-2-39-32(36)25-9-4-11-27(20-25)40-28-12-5-13-30(21-28)41(37,38)29-16-14-23(15-17-29)7-6-18-34-22-31(35)24-8-3-10-26(33)19-24/h3-5,8-17,19-21,31,34-35H,2,6-7,18,22H2,1H3/t31-/m1/s1. The van der Waals surface area contributed by atoms with E-state index in [-0.39, 0.29) is 16.4 Å². The van der Waals surface area contributed by atoms with Gasteiger partial charge in [-0.2, -0.15) is 0 Å². The second kappa shape index (κ2) is 14.3. The molecule has 214 valence electrons. The van der Waals surface area contributed by atoms with Crippen molar-refractivity contribution >= 4 is 27.4 Å². The molecule has 0 aromatic heterocycles. The highest BCUT2D eigenvalue weighted by Gasteiger charge is 2.19. The lowest BCUT2D eigenvalue weighted by Gasteiger charge is -2.12. The Morgan fingerprint density at radius 3 is 2.34 bits per heavy atom. The van der Waals surface area contributed by atoms with Crippen LogP contribution in [0.25, 0.3) is 0 Å². The molecule has 0 aliphatic rings. The monoisotopic (exact) mass is 593 g/mol. The number of aryl methyl sites for hydroxylation is 1. The quantitative estimate of drug-likeness (QED) is 0.137. The van der Waals surface area contributed by atoms with E-state index in [0.29, 0.717) is 35.2 Å². The van der Waals surface area contributed by atoms with Crippen molar-refractivity contribution in [3.8, 4) is 11.5 Å². The van der Waals surface area contributed by atoms with Gasteiger partial charge in [0.25, 0.3) is 0 Å². The zero-order valence-corrected chi connectivity index (χ0v) is 24.2. The number of carbonyl (C=O) groups excluding carboxylic acids is 1. The minimum atomic E-state index is -3.77. The number of carbonyl (C=O) groups is 1. The van der Waals surface area contributed by atoms with Crippen LogP contribution in [0.3, 0.4) is 0 Å². The molecule has 4 aromatic rings. The highest BCUT2D eigenvalue weighted by atomic mass is 35.5. The van der Waals surface area contributed by atoms with E-state index in [2.05, 4.69) is 5.32 Å². The van der Waals surface area contributed by atoms with Crippen LogP contribution in [0.15, 0.2) is 107 Å². The number of hydrogen-bond donors (Lipinski definition) is 2. The first-order valence-corrected chi connectivity index (χ1v) is 15.2. The van der Waals surface area contributed by atoms with Gasteiger partial charge in [0.2, 0.25) is 9.84 Å². The van der Waals surface area contributed by atoms with E-state index in [4.69, 9.17) is 21.1 Å². The molecule has 0 heterocycles. The number of aliphatic hydroxyl groups excluding tert-OH is 1. The number of benzene rings is 4. The van der Waals surface area contributed by atoms with Crippen LogP contribution >= 0.6 is 11.6 Å². The zero-order valence-electron chi connectivity index (χ0n) is 22.6. The molecular formula is C32H32ClNO6S. The fourth-order valence-electron chi connectivity index (χ4n) is 4.20. The van der Waals surface area contributed by atoms with Gasteiger partial charge >= 0.3 is 5.97 Å². The summed E-state index contributed by atoms with van der Waals surface area (Å²) in [4.78, 5) is 12.3. The molecule has 0 saturated heterocycles. The fourth-order valence-corrected chi connectivity index (χ4v) is 5.70. The molecule has 9 heteroatoms. The number of esters is 1. The molecule has 0 bridgehead atoms. The summed E-state index contributed by atoms with van der Waals surface area (Å²) in [6.07, 6.45) is 0.941. The highest BCUT2D eigenvalue weighted by Crippen LogP contribution is 2.28. The zero-order chi connectivity index (χ0) is 29.2. The van der Waals surface area contributed by atoms with Crippen LogP contribution in [0.2, 0.25) is 5.02 Å². The predicted octanol–water partition coefficient (Wildman–Crippen LogP) is 6.40. The molecule has 0 aliphatic carbocycles. The van der Waals surface area contributed by atoms with Gasteiger partial charge in [0.15, 0.2) is 0 Å². The van der Waals surface area contributed by atoms with Crippen LogP contribution in [-0.2, 0) is 21.0 Å². The molecule has 0 saturated carbocycles. The number of aliphatic hydroxyl groups is 1. The van der Waals surface area contributed by atoms with Crippen molar-refractivity contribution < 1.29 is 27.8 Å². The van der Waals surface area contributed by atoms with Gasteiger partial charge in [-0.15, -0.1) is 0 Å². The van der Waals surface area contributed by atoms with E-state index < -0.39 is 21.9 Å². The lowest BCUT2D eigenvalue weighted by molar-refractivity contribution is 0.0526. The molecule has 0 unspecified atom stereocenters. The Balaban J connectivity index is 1.32. The summed E-state index contributed by atoms with van der Waals surface area (Å²) in [6.45, 7) is 3.11. The van der Waals surface area contributed by atoms with Gasteiger partial charge in [0, 0.05) is 11.6 Å². The minimum Gasteiger partial charge on any atom is -0.462 e. The fraction of sp³-hybridized carbons (Fsp3) is 0.219. The molecule has 41 heavy (non-hydrogen) atoms. The summed E-state index contributed by atoms with van der Waals surface area (Å²) >= 11 is 5.99. The molecular weight excluding hydrogens is 562 g/mol. The van der Waals surface area contributed by atoms with Crippen LogP contribution in [0.5, 0.6) is 11.5 Å². The van der Waals surface area contributed by atoms with Crippen molar-refractivity contribution in [2.75, 3.05) is 19.7 Å². The van der Waals surface area contributed by atoms with Crippen LogP contribution in [-0.4, -0.2) is 39.2 Å². The average molecular weight is 594 g/mol. The summed E-state index contributed by atoms with van der Waals surface area (Å²) < 4.78 is 37.5. The SMILES string of the molecule is CCOC(=O)c1cccc(Oc2cccc(S(=O)(=O)c3ccc(CCCNC[C@@H](O)c4cccc(Cl)c4)cc3)c2)c1. The molecule has 4 rings (SSSR count). The van der Waals surface area contributed by atoms with E-state index in [1.807, 2.05) is 24.3 Å². The third-order valence-corrected chi connectivity index (χ3v) is 8.32. The lowest BCUT2D eigenvalue weighted by Crippen LogP contribution is -2.22. The molecule has 0 spiro atoms. The smallest absolute Gasteiger partial charge is 0.338 e. The van der Waals surface area contributed by atoms with Crippen LogP contribution in [0, 0.1) is 0 Å². The van der Waals surface area contributed by atoms with Gasteiger partial charge in [-0.05, 0) is 98.1 Å². The van der Waals surface area contributed by atoms with E-state index in [1.54, 1.807) is 67.6 Å². The van der Waals surface area contributed by atoms with E-state index >= 15 is 0 Å². The summed E-state index contributed by atoms with van der Waals surface area (Å²) in [6, 6.07) is 26.8. The third kappa shape index (κ3) is 8.41. The molecule has 0 aliphatic heterocycles. The number of halogens is 1. The van der Waals surface area contributed by atoms with Gasteiger partial charge < -0.3 is 19.9 Å². The minimum absolute atomic E-state index is 0.103. The van der Waals surface area contributed by atoms with Crippen LogP contribution < -0.4 is 10.1 Å². The first-order valence-electron chi connectivity index (χ1n) is 13.3. The summed E-state index contributed by atoms with van der Waals surface area (Å²) in [5.74, 6) is 0.265. The van der Waals surface area contributed by atoms with Gasteiger partial charge in [-0.25, -0.2) is 13.2 Å². The van der Waals surface area contributed by atoms with Crippen molar-refractivity contribution in [2.45, 2.75) is 35.7 Å². The maximum Gasteiger partial charge on any atom is 0.338 e. The lowest BCUT2D eigenvalue weighted by atomic mass is 10.1. The Morgan fingerprint density at radius 1 is 0.902 bits per heavy atom. The van der Waals surface area contributed by atoms with Crippen molar-refractivity contribution in [1.82, 2.24) is 5.32 Å². The van der Waals surface area contributed by atoms with Crippen molar-refractivity contribution in [2.24, 2.45) is 0 Å². The summed E-state index contributed by atoms with van der Waals surface area (Å²) in [7, 11) is -3.77. The van der Waals surface area contributed by atoms with Crippen molar-refractivity contribution in [3.05, 3.63) is 119 Å². The van der Waals surface area contributed by atoms with E-state index in [0.717, 1.165) is 24.0 Å². The van der Waals surface area contributed by atoms with Gasteiger partial charge in [0.1, 0.15) is 11.5 Å². The number of hydrogen-bond acceptors (Lipinski definition) is 7. The Labute approximate surface area is 245 Å². The number of sulfone groups is 1. The average Bonchev–Trinajstić information content (AvgIpc) is 2.97. The van der Waals surface area contributed by atoms with Gasteiger partial charge in [-0.3, -0.25) is 0 Å². The maximum absolute atomic E-state index is 13.3. The summed E-state index contributed by atoms with van der Waals surface area (Å²) in [5, 5.41) is 14.1. The Kier molecular flexibility index (Phi) is 10.5. The normalized spacial score (nSPS) is 12.1. The number of nitrogens with one attached hydrogen (secondary N) is 1. The molecule has 0 amide bonds. The van der Waals surface area contributed by atoms with Gasteiger partial charge in [0.05, 0.1) is 28.1 Å².